The molecule has 1 amide bonds. The van der Waals surface area contributed by atoms with Crippen molar-refractivity contribution in [2.75, 3.05) is 7.11 Å². The summed E-state index contributed by atoms with van der Waals surface area (Å²) in [5, 5.41) is 9.96. The molecule has 2 N–H and O–H groups in total. The van der Waals surface area contributed by atoms with Crippen LogP contribution in [0.5, 0.6) is 5.75 Å². The van der Waals surface area contributed by atoms with Gasteiger partial charge in [0.2, 0.25) is 5.91 Å². The smallest absolute Gasteiger partial charge is 0.337 e. The Morgan fingerprint density at radius 2 is 1.96 bits per heavy atom. The number of H-pyrrole nitrogens is 1. The Morgan fingerprint density at radius 1 is 1.23 bits per heavy atom. The lowest BCUT2D eigenvalue weighted by atomic mass is 9.82. The second-order valence-electron chi connectivity index (χ2n) is 6.92. The summed E-state index contributed by atoms with van der Waals surface area (Å²) in [6.45, 7) is 3.55. The molecule has 0 unspecified atom stereocenters. The fourth-order valence-electron chi connectivity index (χ4n) is 3.59. The highest BCUT2D eigenvalue weighted by Gasteiger charge is 2.48. The lowest BCUT2D eigenvalue weighted by molar-refractivity contribution is -0.144. The number of ether oxygens (including phenoxy) is 2. The van der Waals surface area contributed by atoms with Crippen LogP contribution >= 0.6 is 0 Å². The SMILES string of the molecule is COc1ccc(-c2[nH]ncc2[C@@H]2CC(=O)NC3=C2C(=O)OC3(C)C)cc1. The average molecular weight is 353 g/mol. The third-order valence-electron chi connectivity index (χ3n) is 4.86. The van der Waals surface area contributed by atoms with Crippen molar-refractivity contribution in [2.45, 2.75) is 31.8 Å². The first-order valence-electron chi connectivity index (χ1n) is 8.36. The average Bonchev–Trinajstić information content (AvgIpc) is 3.17. The molecule has 0 radical (unpaired) electrons. The van der Waals surface area contributed by atoms with E-state index in [4.69, 9.17) is 9.47 Å². The fourth-order valence-corrected chi connectivity index (χ4v) is 3.59. The molecular weight excluding hydrogens is 334 g/mol. The molecular formula is C19H19N3O4. The molecule has 0 saturated heterocycles. The summed E-state index contributed by atoms with van der Waals surface area (Å²) in [6, 6.07) is 7.52. The summed E-state index contributed by atoms with van der Waals surface area (Å²) in [4.78, 5) is 24.8. The van der Waals surface area contributed by atoms with E-state index in [0.717, 1.165) is 22.6 Å². The number of hydrogen-bond acceptors (Lipinski definition) is 5. The number of esters is 1. The van der Waals surface area contributed by atoms with Crippen LogP contribution in [0.15, 0.2) is 41.7 Å². The molecule has 3 heterocycles. The number of aromatic amines is 1. The zero-order valence-corrected chi connectivity index (χ0v) is 14.8. The number of carbonyl (C=O) groups excluding carboxylic acids is 2. The number of aromatic nitrogens is 2. The summed E-state index contributed by atoms with van der Waals surface area (Å²) >= 11 is 0. The van der Waals surface area contributed by atoms with Gasteiger partial charge in [-0.1, -0.05) is 0 Å². The van der Waals surface area contributed by atoms with Gasteiger partial charge in [-0.05, 0) is 38.1 Å². The molecule has 1 aromatic carbocycles. The fraction of sp³-hybridized carbons (Fsp3) is 0.316. The molecule has 0 saturated carbocycles. The molecule has 1 atom stereocenters. The van der Waals surface area contributed by atoms with Gasteiger partial charge >= 0.3 is 5.97 Å². The van der Waals surface area contributed by atoms with Crippen molar-refractivity contribution in [3.8, 4) is 17.0 Å². The minimum Gasteiger partial charge on any atom is -0.497 e. The number of cyclic esters (lactones) is 1. The van der Waals surface area contributed by atoms with Crippen LogP contribution in [0.25, 0.3) is 11.3 Å². The number of amides is 1. The molecule has 2 aliphatic rings. The number of nitrogens with zero attached hydrogens (tertiary/aromatic N) is 1. The van der Waals surface area contributed by atoms with E-state index in [1.54, 1.807) is 27.2 Å². The molecule has 0 spiro atoms. The molecule has 4 rings (SSSR count). The van der Waals surface area contributed by atoms with Crippen molar-refractivity contribution in [1.29, 1.82) is 0 Å². The zero-order valence-electron chi connectivity index (χ0n) is 14.8. The molecule has 26 heavy (non-hydrogen) atoms. The summed E-state index contributed by atoms with van der Waals surface area (Å²) in [7, 11) is 1.61. The van der Waals surface area contributed by atoms with Gasteiger partial charge in [-0.25, -0.2) is 4.79 Å². The molecule has 2 aromatic rings. The Morgan fingerprint density at radius 3 is 2.65 bits per heavy atom. The van der Waals surface area contributed by atoms with Crippen molar-refractivity contribution in [3.05, 3.63) is 47.3 Å². The van der Waals surface area contributed by atoms with Gasteiger partial charge in [0.05, 0.1) is 30.3 Å². The zero-order chi connectivity index (χ0) is 18.5. The molecule has 0 bridgehead atoms. The van der Waals surface area contributed by atoms with Crippen LogP contribution in [0.2, 0.25) is 0 Å². The molecule has 134 valence electrons. The van der Waals surface area contributed by atoms with Gasteiger partial charge < -0.3 is 14.8 Å². The molecule has 7 heteroatoms. The number of benzene rings is 1. The Labute approximate surface area is 150 Å². The second-order valence-corrected chi connectivity index (χ2v) is 6.92. The number of carbonyl (C=O) groups is 2. The first-order chi connectivity index (χ1) is 12.4. The lowest BCUT2D eigenvalue weighted by Crippen LogP contribution is -2.38. The Kier molecular flexibility index (Phi) is 3.61. The number of nitrogens with one attached hydrogen (secondary N) is 2. The van der Waals surface area contributed by atoms with Crippen LogP contribution in [0.4, 0.5) is 0 Å². The van der Waals surface area contributed by atoms with Crippen LogP contribution < -0.4 is 10.1 Å². The Hall–Kier alpha value is -3.09. The summed E-state index contributed by atoms with van der Waals surface area (Å²) in [6.07, 6.45) is 1.85. The summed E-state index contributed by atoms with van der Waals surface area (Å²) < 4.78 is 10.7. The van der Waals surface area contributed by atoms with Crippen LogP contribution in [0, 0.1) is 0 Å². The predicted molar refractivity (Wildman–Crippen MR) is 93.3 cm³/mol. The monoisotopic (exact) mass is 353 g/mol. The summed E-state index contributed by atoms with van der Waals surface area (Å²) in [5.41, 5.74) is 2.68. The van der Waals surface area contributed by atoms with Gasteiger partial charge in [-0.15, -0.1) is 0 Å². The Bertz CT molecular complexity index is 925. The second kappa shape index (κ2) is 5.72. The third kappa shape index (κ3) is 2.47. The third-order valence-corrected chi connectivity index (χ3v) is 4.86. The first-order valence-corrected chi connectivity index (χ1v) is 8.36. The Balaban J connectivity index is 1.81. The maximum absolute atomic E-state index is 12.5. The molecule has 2 aliphatic heterocycles. The van der Waals surface area contributed by atoms with E-state index < -0.39 is 17.5 Å². The number of rotatable bonds is 3. The van der Waals surface area contributed by atoms with Crippen LogP contribution in [-0.4, -0.2) is 34.8 Å². The van der Waals surface area contributed by atoms with Crippen LogP contribution in [0.1, 0.15) is 31.7 Å². The molecule has 0 fully saturated rings. The van der Waals surface area contributed by atoms with Gasteiger partial charge in [0.15, 0.2) is 0 Å². The molecule has 1 aromatic heterocycles. The highest BCUT2D eigenvalue weighted by molar-refractivity contribution is 5.99. The van der Waals surface area contributed by atoms with E-state index in [2.05, 4.69) is 15.5 Å². The first kappa shape index (κ1) is 16.4. The van der Waals surface area contributed by atoms with Crippen molar-refractivity contribution >= 4 is 11.9 Å². The van der Waals surface area contributed by atoms with Crippen molar-refractivity contribution in [1.82, 2.24) is 15.5 Å². The largest absolute Gasteiger partial charge is 0.497 e. The topological polar surface area (TPSA) is 93.3 Å². The lowest BCUT2D eigenvalue weighted by Gasteiger charge is -2.26. The van der Waals surface area contributed by atoms with Crippen LogP contribution in [0.3, 0.4) is 0 Å². The number of hydrogen-bond donors (Lipinski definition) is 2. The van der Waals surface area contributed by atoms with Gasteiger partial charge in [-0.2, -0.15) is 5.10 Å². The normalized spacial score (nSPS) is 21.3. The van der Waals surface area contributed by atoms with E-state index in [9.17, 15) is 9.59 Å². The van der Waals surface area contributed by atoms with Gasteiger partial charge in [-0.3, -0.25) is 9.89 Å². The molecule has 7 nitrogen and oxygen atoms in total. The van der Waals surface area contributed by atoms with E-state index >= 15 is 0 Å². The summed E-state index contributed by atoms with van der Waals surface area (Å²) in [5.74, 6) is -0.180. The standard InChI is InChI=1S/C19H19N3O4/c1-19(2)17-15(18(24)26-19)12(8-14(23)21-17)13-9-20-22-16(13)10-4-6-11(25-3)7-5-10/h4-7,9,12H,8H2,1-3H3,(H,20,22)(H,21,23)/t12-/m0/s1. The quantitative estimate of drug-likeness (QED) is 0.826. The van der Waals surface area contributed by atoms with Gasteiger partial charge in [0.25, 0.3) is 0 Å². The predicted octanol–water partition coefficient (Wildman–Crippen LogP) is 2.28. The van der Waals surface area contributed by atoms with E-state index in [0.29, 0.717) is 11.3 Å². The number of methoxy groups -OCH3 is 1. The maximum Gasteiger partial charge on any atom is 0.337 e. The van der Waals surface area contributed by atoms with Crippen molar-refractivity contribution < 1.29 is 19.1 Å². The van der Waals surface area contributed by atoms with E-state index in [-0.39, 0.29) is 12.3 Å². The molecule has 0 aliphatic carbocycles. The maximum atomic E-state index is 12.5. The van der Waals surface area contributed by atoms with E-state index in [1.807, 2.05) is 24.3 Å². The highest BCUT2D eigenvalue weighted by atomic mass is 16.6. The van der Waals surface area contributed by atoms with Crippen LogP contribution in [-0.2, 0) is 14.3 Å². The minimum absolute atomic E-state index is 0.137. The van der Waals surface area contributed by atoms with Gasteiger partial charge in [0, 0.05) is 23.5 Å². The van der Waals surface area contributed by atoms with Gasteiger partial charge in [0.1, 0.15) is 11.4 Å². The van der Waals surface area contributed by atoms with Crippen molar-refractivity contribution in [2.24, 2.45) is 0 Å². The van der Waals surface area contributed by atoms with Crippen molar-refractivity contribution in [3.63, 3.8) is 0 Å². The highest BCUT2D eigenvalue weighted by Crippen LogP contribution is 2.44. The van der Waals surface area contributed by atoms with E-state index in [1.165, 1.54) is 0 Å². The minimum atomic E-state index is -0.843.